The summed E-state index contributed by atoms with van der Waals surface area (Å²) in [4.78, 5) is 59.9. The van der Waals surface area contributed by atoms with E-state index in [1.807, 2.05) is 0 Å². The van der Waals surface area contributed by atoms with E-state index in [1.165, 1.54) is 30.5 Å². The Morgan fingerprint density at radius 2 is 1.69 bits per heavy atom. The molecule has 11 heteroatoms. The molecular formula is C18H25NO9S. The van der Waals surface area contributed by atoms with Gasteiger partial charge in [-0.2, -0.15) is 0 Å². The van der Waals surface area contributed by atoms with Crippen LogP contribution < -0.4 is 0 Å². The number of ether oxygens (including phenoxy) is 4. The molecule has 0 aromatic carbocycles. The van der Waals surface area contributed by atoms with Gasteiger partial charge in [-0.1, -0.05) is 0 Å². The first-order valence-corrected chi connectivity index (χ1v) is 9.78. The Balaban J connectivity index is 2.59. The quantitative estimate of drug-likeness (QED) is 0.431. The normalized spacial score (nSPS) is 26.8. The molecule has 0 unspecified atom stereocenters. The predicted octanol–water partition coefficient (Wildman–Crippen LogP) is 0.409. The average Bonchev–Trinajstić information content (AvgIpc) is 2.76. The van der Waals surface area contributed by atoms with E-state index in [1.54, 1.807) is 13.8 Å². The molecule has 29 heavy (non-hydrogen) atoms. The van der Waals surface area contributed by atoms with Gasteiger partial charge in [-0.25, -0.2) is 4.79 Å². The number of thioether (sulfide) groups is 1. The lowest BCUT2D eigenvalue weighted by atomic mass is 9.94. The van der Waals surface area contributed by atoms with Gasteiger partial charge in [-0.05, 0) is 13.8 Å². The van der Waals surface area contributed by atoms with Crippen LogP contribution in [0.15, 0.2) is 0 Å². The van der Waals surface area contributed by atoms with Gasteiger partial charge < -0.3 is 23.8 Å². The van der Waals surface area contributed by atoms with Crippen molar-refractivity contribution in [2.45, 2.75) is 69.4 Å². The van der Waals surface area contributed by atoms with Crippen LogP contribution in [-0.2, 0) is 42.9 Å². The molecule has 0 aliphatic carbocycles. The molecular weight excluding hydrogens is 406 g/mol. The van der Waals surface area contributed by atoms with Crippen molar-refractivity contribution in [1.29, 1.82) is 0 Å². The van der Waals surface area contributed by atoms with Gasteiger partial charge in [0.25, 0.3) is 0 Å². The number of hydrogen-bond acceptors (Lipinski definition) is 10. The van der Waals surface area contributed by atoms with Crippen molar-refractivity contribution in [1.82, 2.24) is 4.90 Å². The maximum absolute atomic E-state index is 12.6. The highest BCUT2D eigenvalue weighted by Gasteiger charge is 2.69. The van der Waals surface area contributed by atoms with Gasteiger partial charge in [-0.3, -0.25) is 19.2 Å². The summed E-state index contributed by atoms with van der Waals surface area (Å²) in [5.74, 6) is -3.03. The molecule has 0 radical (unpaired) electrons. The molecule has 2 fully saturated rings. The van der Waals surface area contributed by atoms with Gasteiger partial charge in [0, 0.05) is 32.4 Å². The molecule has 2 aliphatic heterocycles. The van der Waals surface area contributed by atoms with Crippen LogP contribution in [0.25, 0.3) is 0 Å². The van der Waals surface area contributed by atoms with E-state index < -0.39 is 64.3 Å². The number of amides is 1. The van der Waals surface area contributed by atoms with Crippen LogP contribution in [0.3, 0.4) is 0 Å². The molecule has 0 N–H and O–H groups in total. The second-order valence-electron chi connectivity index (χ2n) is 7.43. The minimum Gasteiger partial charge on any atom is -0.462 e. The summed E-state index contributed by atoms with van der Waals surface area (Å²) in [7, 11) is 0. The Kier molecular flexibility index (Phi) is 6.51. The monoisotopic (exact) mass is 431 g/mol. The lowest BCUT2D eigenvalue weighted by Crippen LogP contribution is -2.68. The fourth-order valence-electron chi connectivity index (χ4n) is 3.79. The first-order valence-electron chi connectivity index (χ1n) is 8.96. The minimum atomic E-state index is -1.36. The number of rotatable bonds is 6. The number of nitrogens with zero attached hydrogens (tertiary/aromatic N) is 1. The molecule has 1 amide bonds. The first-order chi connectivity index (χ1) is 13.3. The highest BCUT2D eigenvalue weighted by Crippen LogP contribution is 2.56. The molecule has 4 atom stereocenters. The number of carbonyl (C=O) groups excluding carboxylic acids is 5. The van der Waals surface area contributed by atoms with E-state index in [4.69, 9.17) is 18.9 Å². The van der Waals surface area contributed by atoms with Crippen LogP contribution in [0.4, 0.5) is 0 Å². The summed E-state index contributed by atoms with van der Waals surface area (Å²) >= 11 is 1.22. The van der Waals surface area contributed by atoms with Crippen molar-refractivity contribution in [3.05, 3.63) is 0 Å². The van der Waals surface area contributed by atoms with Crippen molar-refractivity contribution >= 4 is 41.5 Å². The molecule has 2 heterocycles. The van der Waals surface area contributed by atoms with E-state index in [9.17, 15) is 24.0 Å². The zero-order valence-electron chi connectivity index (χ0n) is 17.2. The van der Waals surface area contributed by atoms with Gasteiger partial charge >= 0.3 is 23.9 Å². The van der Waals surface area contributed by atoms with Crippen molar-refractivity contribution in [2.24, 2.45) is 0 Å². The Bertz CT molecular complexity index is 737. The van der Waals surface area contributed by atoms with Gasteiger partial charge in [0.1, 0.15) is 19.3 Å². The molecule has 0 saturated carbocycles. The first kappa shape index (κ1) is 23.0. The number of fused-ring (bicyclic) bond motifs is 2. The Morgan fingerprint density at radius 3 is 2.17 bits per heavy atom. The Hall–Kier alpha value is -2.30. The fourth-order valence-corrected chi connectivity index (χ4v) is 5.78. The van der Waals surface area contributed by atoms with E-state index in [2.05, 4.69) is 0 Å². The van der Waals surface area contributed by atoms with Crippen LogP contribution in [-0.4, -0.2) is 75.8 Å². The molecule has 0 spiro atoms. The largest absolute Gasteiger partial charge is 0.462 e. The Labute approximate surface area is 172 Å². The number of esters is 4. The van der Waals surface area contributed by atoms with Gasteiger partial charge in [0.05, 0.1) is 0 Å². The third-order valence-electron chi connectivity index (χ3n) is 4.59. The van der Waals surface area contributed by atoms with E-state index in [0.29, 0.717) is 0 Å². The highest BCUT2D eigenvalue weighted by atomic mass is 32.2. The SMILES string of the molecule is CC(=O)OC[C@H](OC(C)=O)[C@H](OC(C)=O)[C@@]12COC(=O)[C@H](N1C(C)=O)C(C)(C)S2. The van der Waals surface area contributed by atoms with Crippen molar-refractivity contribution in [3.8, 4) is 0 Å². The topological polar surface area (TPSA) is 126 Å². The molecule has 0 aromatic heterocycles. The maximum atomic E-state index is 12.6. The standard InChI is InChI=1S/C18H25NO9S/c1-9(20)19-14-16(24)26-8-18(19,29-17(14,5)6)15(28-12(4)23)13(27-11(3)22)7-25-10(2)21/h13-15H,7-8H2,1-6H3/t13-,14-,15-,18-/m0/s1. The smallest absolute Gasteiger partial charge is 0.330 e. The van der Waals surface area contributed by atoms with Crippen LogP contribution in [0.1, 0.15) is 41.5 Å². The van der Waals surface area contributed by atoms with Crippen molar-refractivity contribution < 1.29 is 42.9 Å². The average molecular weight is 431 g/mol. The van der Waals surface area contributed by atoms with Gasteiger partial charge in [0.2, 0.25) is 5.91 Å². The number of carbonyl (C=O) groups is 5. The van der Waals surface area contributed by atoms with E-state index >= 15 is 0 Å². The number of hydrogen-bond donors (Lipinski definition) is 0. The van der Waals surface area contributed by atoms with Crippen LogP contribution in [0.5, 0.6) is 0 Å². The molecule has 2 rings (SSSR count). The van der Waals surface area contributed by atoms with Crippen LogP contribution >= 0.6 is 11.8 Å². The molecule has 2 aliphatic rings. The van der Waals surface area contributed by atoms with E-state index in [0.717, 1.165) is 13.8 Å². The summed E-state index contributed by atoms with van der Waals surface area (Å²) in [6.07, 6.45) is -2.48. The predicted molar refractivity (Wildman–Crippen MR) is 99.4 cm³/mol. The van der Waals surface area contributed by atoms with Crippen molar-refractivity contribution in [3.63, 3.8) is 0 Å². The zero-order valence-corrected chi connectivity index (χ0v) is 18.0. The second kappa shape index (κ2) is 8.21. The third-order valence-corrected chi connectivity index (χ3v) is 6.24. The minimum absolute atomic E-state index is 0.286. The lowest BCUT2D eigenvalue weighted by molar-refractivity contribution is -0.197. The Morgan fingerprint density at radius 1 is 1.10 bits per heavy atom. The molecule has 10 nitrogen and oxygen atoms in total. The summed E-state index contributed by atoms with van der Waals surface area (Å²) in [6.45, 7) is 7.63. The lowest BCUT2D eigenvalue weighted by Gasteiger charge is -2.47. The molecule has 2 bridgehead atoms. The van der Waals surface area contributed by atoms with E-state index in [-0.39, 0.29) is 6.61 Å². The molecule has 162 valence electrons. The summed E-state index contributed by atoms with van der Waals surface area (Å²) in [5.41, 5.74) is 0. The van der Waals surface area contributed by atoms with Gasteiger partial charge in [0.15, 0.2) is 17.1 Å². The zero-order chi connectivity index (χ0) is 22.1. The summed E-state index contributed by atoms with van der Waals surface area (Å²) in [6, 6.07) is -0.927. The van der Waals surface area contributed by atoms with Crippen LogP contribution in [0, 0.1) is 0 Å². The number of cyclic esters (lactones) is 1. The molecule has 0 aromatic rings. The molecule has 2 saturated heterocycles. The van der Waals surface area contributed by atoms with Crippen molar-refractivity contribution in [2.75, 3.05) is 13.2 Å². The fraction of sp³-hybridized carbons (Fsp3) is 0.722. The van der Waals surface area contributed by atoms with Crippen LogP contribution in [0.2, 0.25) is 0 Å². The maximum Gasteiger partial charge on any atom is 0.330 e. The third kappa shape index (κ3) is 4.49. The summed E-state index contributed by atoms with van der Waals surface area (Å²) < 4.78 is 20.4. The van der Waals surface area contributed by atoms with Gasteiger partial charge in [-0.15, -0.1) is 11.8 Å². The number of morpholine rings is 1. The summed E-state index contributed by atoms with van der Waals surface area (Å²) in [5, 5.41) is 0. The second-order valence-corrected chi connectivity index (χ2v) is 9.39. The highest BCUT2D eigenvalue weighted by molar-refractivity contribution is 8.02.